The largest absolute Gasteiger partial charge is 0.409 e. The van der Waals surface area contributed by atoms with Crippen LogP contribution in [0.25, 0.3) is 0 Å². The Balaban J connectivity index is -0.000000203. The van der Waals surface area contributed by atoms with E-state index in [9.17, 15) is 49.1 Å². The van der Waals surface area contributed by atoms with Crippen LogP contribution in [-0.4, -0.2) is 30.1 Å². The Kier molecular flexibility index (Phi) is 113. The van der Waals surface area contributed by atoms with Crippen LogP contribution >= 0.6 is 95.6 Å². The molecule has 17 heteroatoms. The molecule has 0 unspecified atom stereocenters. The molecule has 0 bridgehead atoms. The fraction of sp³-hybridized carbons (Fsp3) is 0.714. The normalized spacial score (nSPS) is 13.5. The summed E-state index contributed by atoms with van der Waals surface area (Å²) in [5, 5.41) is 0. The van der Waals surface area contributed by atoms with Gasteiger partial charge >= 0.3 is 18.5 Å². The van der Waals surface area contributed by atoms with Crippen LogP contribution in [0.3, 0.4) is 0 Å². The monoisotopic (exact) mass is 1830 g/mol. The van der Waals surface area contributed by atoms with E-state index in [1.165, 1.54) is 270 Å². The zero-order chi connectivity index (χ0) is 77.0. The molecule has 0 saturated carbocycles. The fourth-order valence-electron chi connectivity index (χ4n) is 9.51. The van der Waals surface area contributed by atoms with Crippen LogP contribution in [-0.2, 0) is 9.59 Å². The Bertz CT molecular complexity index is 1860. The minimum atomic E-state index is -4.26. The van der Waals surface area contributed by atoms with Gasteiger partial charge in [0.25, 0.3) is 0 Å². The Morgan fingerprint density at radius 2 is 0.495 bits per heavy atom. The molecule has 0 aromatic rings. The summed E-state index contributed by atoms with van der Waals surface area (Å²) in [6.45, 7) is 9.21. The molecular weight excluding hydrogens is 1690 g/mol. The van der Waals surface area contributed by atoms with Gasteiger partial charge in [0.2, 0.25) is 0 Å². The van der Waals surface area contributed by atoms with E-state index in [0.717, 1.165) is 63.2 Å². The molecule has 0 aromatic carbocycles. The second kappa shape index (κ2) is 101. The number of hydrogen-bond acceptors (Lipinski definition) is 2. The molecule has 0 fully saturated rings. The third-order valence-electron chi connectivity index (χ3n) is 15.1. The lowest BCUT2D eigenvalue weighted by Crippen LogP contribution is -2.00. The van der Waals surface area contributed by atoms with Gasteiger partial charge < -0.3 is 9.59 Å². The highest BCUT2D eigenvalue weighted by atomic mass is 79.9. The Morgan fingerprint density at radius 3 is 0.683 bits per heavy atom. The van der Waals surface area contributed by atoms with Crippen molar-refractivity contribution in [1.29, 1.82) is 0 Å². The summed E-state index contributed by atoms with van der Waals surface area (Å²) >= 11 is 19.1. The summed E-state index contributed by atoms with van der Waals surface area (Å²) in [5.41, 5.74) is 0. The Labute approximate surface area is 664 Å². The van der Waals surface area contributed by atoms with Crippen molar-refractivity contribution in [2.24, 2.45) is 0 Å². The first-order chi connectivity index (χ1) is 48.6. The minimum absolute atomic E-state index is 0.188. The molecule has 594 valence electrons. The van der Waals surface area contributed by atoms with Gasteiger partial charge in [-0.1, -0.05) is 343 Å². The van der Waals surface area contributed by atoms with Gasteiger partial charge in [0.15, 0.2) is 0 Å². The van der Waals surface area contributed by atoms with Crippen molar-refractivity contribution in [3.8, 4) is 0 Å². The second-order valence-corrected chi connectivity index (χ2v) is 28.3. The lowest BCUT2D eigenvalue weighted by Gasteiger charge is -2.00. The van der Waals surface area contributed by atoms with Crippen LogP contribution in [0.15, 0.2) is 127 Å². The number of halogens is 15. The van der Waals surface area contributed by atoms with Gasteiger partial charge in [-0.3, -0.25) is 0 Å². The van der Waals surface area contributed by atoms with E-state index in [4.69, 9.17) is 0 Å². The maximum absolute atomic E-state index is 11.7. The number of Topliss-reactive ketones (excluding diaryl/α,β-unsaturated/α-hetero) is 2. The van der Waals surface area contributed by atoms with E-state index in [1.54, 1.807) is 23.8 Å². The second-order valence-electron chi connectivity index (χ2n) is 25.1. The molecule has 2 aliphatic rings. The number of unbranched alkanes of at least 4 members (excludes halogenated alkanes) is 32. The van der Waals surface area contributed by atoms with E-state index < -0.39 is 18.5 Å². The van der Waals surface area contributed by atoms with Crippen LogP contribution in [0.2, 0.25) is 0 Å². The van der Waals surface area contributed by atoms with Crippen molar-refractivity contribution in [3.05, 3.63) is 127 Å². The summed E-state index contributed by atoms with van der Waals surface area (Å²) < 4.78 is 103. The minimum Gasteiger partial charge on any atom is -0.300 e. The molecule has 0 amide bonds. The number of carbonyl (C=O) groups is 2. The molecule has 2 rings (SSSR count). The molecule has 2 nitrogen and oxygen atoms in total. The molecule has 0 N–H and O–H groups in total. The quantitative estimate of drug-likeness (QED) is 0.0346. The Morgan fingerprint density at radius 1 is 0.287 bits per heavy atom. The van der Waals surface area contributed by atoms with Crippen molar-refractivity contribution < 1.29 is 49.1 Å². The van der Waals surface area contributed by atoms with Gasteiger partial charge in [-0.05, 0) is 218 Å². The molecule has 2 aliphatic carbocycles. The predicted molar refractivity (Wildman–Crippen MR) is 451 cm³/mol. The summed E-state index contributed by atoms with van der Waals surface area (Å²) in [4.78, 5) is 32.6. The summed E-state index contributed by atoms with van der Waals surface area (Å²) in [6, 6.07) is 0. The average Bonchev–Trinajstić information content (AvgIpc) is 2.96. The van der Waals surface area contributed by atoms with Crippen LogP contribution in [0.1, 0.15) is 369 Å². The van der Waals surface area contributed by atoms with E-state index >= 15 is 0 Å². The first-order valence-electron chi connectivity index (χ1n) is 38.5. The van der Waals surface area contributed by atoms with Crippen LogP contribution in [0.4, 0.5) is 39.5 Å². The molecule has 0 radical (unpaired) electrons. The predicted octanol–water partition coefficient (Wildman–Crippen LogP) is 36.3. The summed E-state index contributed by atoms with van der Waals surface area (Å²) in [6.07, 6.45) is 77.1. The number of allylic oxidation sites excluding steroid dienone is 16. The van der Waals surface area contributed by atoms with E-state index in [-0.39, 0.29) is 18.2 Å². The van der Waals surface area contributed by atoms with Gasteiger partial charge in [0.05, 0.1) is 0 Å². The van der Waals surface area contributed by atoms with Crippen molar-refractivity contribution >= 4 is 107 Å². The molecule has 0 atom stereocenters. The molecule has 0 aromatic heterocycles. The van der Waals surface area contributed by atoms with Gasteiger partial charge in [-0.2, -0.15) is 39.5 Å². The third-order valence-corrected chi connectivity index (χ3v) is 17.8. The maximum Gasteiger partial charge on any atom is 0.409 e. The van der Waals surface area contributed by atoms with Crippen molar-refractivity contribution in [1.82, 2.24) is 0 Å². The van der Waals surface area contributed by atoms with Crippen molar-refractivity contribution in [2.45, 2.75) is 387 Å². The highest BCUT2D eigenvalue weighted by Gasteiger charge is 2.22. The number of hydrogen-bond donors (Lipinski definition) is 0. The number of rotatable bonds is 44. The smallest absolute Gasteiger partial charge is 0.300 e. The van der Waals surface area contributed by atoms with Crippen molar-refractivity contribution in [3.63, 3.8) is 0 Å². The van der Waals surface area contributed by atoms with E-state index in [0.29, 0.717) is 37.2 Å². The van der Waals surface area contributed by atoms with Gasteiger partial charge in [0, 0.05) is 31.1 Å². The number of alkyl halides is 9. The molecule has 0 heterocycles. The zero-order valence-corrected chi connectivity index (χ0v) is 73.0. The average molecular weight is 1830 g/mol. The van der Waals surface area contributed by atoms with Gasteiger partial charge in [0.1, 0.15) is 11.6 Å². The van der Waals surface area contributed by atoms with Crippen LogP contribution in [0, 0.1) is 0 Å². The topological polar surface area (TPSA) is 34.1 Å². The Hall–Kier alpha value is -1.27. The highest BCUT2D eigenvalue weighted by Crippen LogP contribution is 2.20. The van der Waals surface area contributed by atoms with Crippen LogP contribution < -0.4 is 0 Å². The van der Waals surface area contributed by atoms with Gasteiger partial charge in [-0.25, -0.2) is 0 Å². The lowest BCUT2D eigenvalue weighted by molar-refractivity contribution is -0.117. The van der Waals surface area contributed by atoms with Crippen LogP contribution in [0.5, 0.6) is 0 Å². The SMILES string of the molecule is Br/C=C\CCCCCC/C=C\Br.BrC=CBr.C/C=C\C(F)(F)F.C1=CCCCCCC1.C1=CCCCCCC1.CC(=O)CCCCCCC/C=C\Br.CCCCCCCC/C=C\Br.CCCCCCCC/C=C\CCCCCCCC(C)=O.FC(F)(F)/C=C\CCCCCC/C=C\C(F)(F)F. The van der Waals surface area contributed by atoms with E-state index in [2.05, 4.69) is 170 Å². The van der Waals surface area contributed by atoms with Crippen molar-refractivity contribution in [2.75, 3.05) is 0 Å². The third kappa shape index (κ3) is 149. The highest BCUT2D eigenvalue weighted by molar-refractivity contribution is 9.13. The standard InChI is InChI=1S/C19H36O.C12H16F6.C11H19BrO.C10H16Br2.C10H19Br.2C8H14.C4H5F3.C2H2Br2/c1-3-4-5-6-7-8-9-10-11-12-13-14-15-16-17-18-19(2)20;13-11(14,15)9-7-5-3-1-2-4-6-8-10-12(16,17)18;1-11(13)9-7-5-3-2-4-6-8-10-12;11-9-7-5-3-1-2-4-6-8-10-12;1-2-3-4-5-6-7-8-9-10-11;2*1-2-4-6-8-7-5-3-1;1-2-3-4(5,6)7;3-1-2-4/h10-11H,3-9,12-18H2,1-2H3;7-10H,1-6H2;8,10H,2-7,9H2,1H3;7-10H,1-6H2;9-10H,2-8H2,1H3;2*1-2H,3-8H2;2-3H,1H3;1-2H/b11-10-;9-7-,10-8-;10-8-;9-7-,10-8-;10-9-;;;3-2-;. The fourth-order valence-corrected chi connectivity index (χ4v) is 10.6. The summed E-state index contributed by atoms with van der Waals surface area (Å²) in [5.74, 6) is 0.657. The maximum atomic E-state index is 11.7. The van der Waals surface area contributed by atoms with Gasteiger partial charge in [-0.15, -0.1) is 0 Å². The first kappa shape index (κ1) is 113. The zero-order valence-electron chi connectivity index (χ0n) is 63.5. The lowest BCUT2D eigenvalue weighted by atomic mass is 10.1. The van der Waals surface area contributed by atoms with E-state index in [1.807, 2.05) is 19.9 Å². The number of ketones is 2. The molecule has 0 spiro atoms. The molecule has 0 aliphatic heterocycles. The molecular formula is C84H141Br6F9O2. The first-order valence-corrected chi connectivity index (χ1v) is 44.0. The number of carbonyl (C=O) groups excluding carboxylic acids is 2. The summed E-state index contributed by atoms with van der Waals surface area (Å²) in [7, 11) is 0. The molecule has 0 saturated heterocycles. The molecule has 101 heavy (non-hydrogen) atoms.